The van der Waals surface area contributed by atoms with Crippen molar-refractivity contribution in [3.8, 4) is 5.40 Å². The Morgan fingerprint density at radius 2 is 2.20 bits per heavy atom. The van der Waals surface area contributed by atoms with Crippen LogP contribution in [0.2, 0.25) is 0 Å². The van der Waals surface area contributed by atoms with E-state index in [4.69, 9.17) is 9.68 Å². The van der Waals surface area contributed by atoms with E-state index in [2.05, 4.69) is 0 Å². The molecule has 0 saturated carbocycles. The van der Waals surface area contributed by atoms with Crippen LogP contribution in [0, 0.1) is 10.7 Å². The van der Waals surface area contributed by atoms with Crippen LogP contribution in [0.5, 0.6) is 0 Å². The van der Waals surface area contributed by atoms with Crippen molar-refractivity contribution in [3.05, 3.63) is 46.3 Å². The molecular formula is C11H7NO2S. The van der Waals surface area contributed by atoms with Gasteiger partial charge >= 0.3 is 5.63 Å². The summed E-state index contributed by atoms with van der Waals surface area (Å²) in [7, 11) is 0. The Labute approximate surface area is 90.3 Å². The van der Waals surface area contributed by atoms with E-state index in [-0.39, 0.29) is 5.63 Å². The van der Waals surface area contributed by atoms with E-state index in [1.165, 1.54) is 6.07 Å². The zero-order valence-corrected chi connectivity index (χ0v) is 8.58. The van der Waals surface area contributed by atoms with Crippen LogP contribution >= 0.6 is 11.8 Å². The zero-order valence-electron chi connectivity index (χ0n) is 7.77. The van der Waals surface area contributed by atoms with Gasteiger partial charge in [-0.25, -0.2) is 4.79 Å². The number of thiocyanates is 1. The number of hydrogen-bond acceptors (Lipinski definition) is 4. The topological polar surface area (TPSA) is 54.0 Å². The molecule has 0 spiro atoms. The third-order valence-corrected chi connectivity index (χ3v) is 2.61. The monoisotopic (exact) mass is 217 g/mol. The van der Waals surface area contributed by atoms with E-state index in [9.17, 15) is 4.79 Å². The summed E-state index contributed by atoms with van der Waals surface area (Å²) in [5, 5.41) is 11.4. The SMILES string of the molecule is N#CSCc1cc(=O)oc2ccccc12. The molecule has 0 N–H and O–H groups in total. The van der Waals surface area contributed by atoms with Crippen molar-refractivity contribution in [2.45, 2.75) is 5.75 Å². The van der Waals surface area contributed by atoms with Gasteiger partial charge in [0.25, 0.3) is 0 Å². The lowest BCUT2D eigenvalue weighted by molar-refractivity contribution is 0.560. The van der Waals surface area contributed by atoms with E-state index in [1.807, 2.05) is 23.6 Å². The minimum absolute atomic E-state index is 0.373. The maximum absolute atomic E-state index is 11.2. The fourth-order valence-corrected chi connectivity index (χ4v) is 1.87. The molecule has 0 bridgehead atoms. The maximum atomic E-state index is 11.2. The van der Waals surface area contributed by atoms with Crippen LogP contribution in [0.1, 0.15) is 5.56 Å². The summed E-state index contributed by atoms with van der Waals surface area (Å²) in [6, 6.07) is 8.75. The minimum atomic E-state index is -0.373. The lowest BCUT2D eigenvalue weighted by atomic mass is 10.1. The van der Waals surface area contributed by atoms with Crippen molar-refractivity contribution in [2.75, 3.05) is 0 Å². The number of para-hydroxylation sites is 1. The third-order valence-electron chi connectivity index (χ3n) is 2.03. The van der Waals surface area contributed by atoms with Crippen molar-refractivity contribution in [2.24, 2.45) is 0 Å². The molecule has 4 heteroatoms. The molecule has 2 aromatic rings. The summed E-state index contributed by atoms with van der Waals surface area (Å²) >= 11 is 1.11. The van der Waals surface area contributed by atoms with Gasteiger partial charge in [-0.1, -0.05) is 18.2 Å². The fourth-order valence-electron chi connectivity index (χ4n) is 1.41. The quantitative estimate of drug-likeness (QED) is 0.573. The van der Waals surface area contributed by atoms with E-state index < -0.39 is 0 Å². The smallest absolute Gasteiger partial charge is 0.336 e. The zero-order chi connectivity index (χ0) is 10.7. The van der Waals surface area contributed by atoms with Gasteiger partial charge in [0.1, 0.15) is 11.0 Å². The molecule has 0 radical (unpaired) electrons. The maximum Gasteiger partial charge on any atom is 0.336 e. The van der Waals surface area contributed by atoms with Crippen LogP contribution in [0.25, 0.3) is 11.0 Å². The molecule has 0 unspecified atom stereocenters. The Balaban J connectivity index is 2.62. The molecule has 0 saturated heterocycles. The highest BCUT2D eigenvalue weighted by molar-refractivity contribution is 8.02. The first kappa shape index (κ1) is 9.81. The van der Waals surface area contributed by atoms with Crippen LogP contribution in [0.15, 0.2) is 39.5 Å². The molecule has 0 aliphatic heterocycles. The number of nitriles is 1. The second-order valence-corrected chi connectivity index (χ2v) is 3.73. The Morgan fingerprint density at radius 3 is 3.00 bits per heavy atom. The lowest BCUT2D eigenvalue weighted by Gasteiger charge is -2.01. The van der Waals surface area contributed by atoms with E-state index >= 15 is 0 Å². The molecule has 0 atom stereocenters. The van der Waals surface area contributed by atoms with Gasteiger partial charge in [0.2, 0.25) is 0 Å². The lowest BCUT2D eigenvalue weighted by Crippen LogP contribution is -1.99. The second kappa shape index (κ2) is 4.20. The summed E-state index contributed by atoms with van der Waals surface area (Å²) in [5.41, 5.74) is 1.04. The minimum Gasteiger partial charge on any atom is -0.423 e. The van der Waals surface area contributed by atoms with Crippen LogP contribution in [-0.4, -0.2) is 0 Å². The number of rotatable bonds is 2. The molecule has 2 rings (SSSR count). The number of nitrogens with zero attached hydrogens (tertiary/aromatic N) is 1. The second-order valence-electron chi connectivity index (χ2n) is 2.97. The molecule has 74 valence electrons. The van der Waals surface area contributed by atoms with Crippen molar-refractivity contribution in [1.29, 1.82) is 5.26 Å². The number of fused-ring (bicyclic) bond motifs is 1. The Hall–Kier alpha value is -1.73. The first-order chi connectivity index (χ1) is 7.31. The standard InChI is InChI=1S/C11H7NO2S/c12-7-15-6-8-5-11(13)14-10-4-2-1-3-9(8)10/h1-5H,6H2. The Bertz CT molecular complexity index is 583. The summed E-state index contributed by atoms with van der Waals surface area (Å²) in [6.45, 7) is 0. The Morgan fingerprint density at radius 1 is 1.40 bits per heavy atom. The highest BCUT2D eigenvalue weighted by Crippen LogP contribution is 2.20. The van der Waals surface area contributed by atoms with Gasteiger partial charge in [-0.2, -0.15) is 5.26 Å². The number of hydrogen-bond donors (Lipinski definition) is 0. The van der Waals surface area contributed by atoms with Crippen LogP contribution in [0.4, 0.5) is 0 Å². The van der Waals surface area contributed by atoms with E-state index in [0.717, 1.165) is 22.7 Å². The van der Waals surface area contributed by atoms with Crippen LogP contribution in [-0.2, 0) is 5.75 Å². The highest BCUT2D eigenvalue weighted by Gasteiger charge is 2.04. The molecule has 0 aliphatic carbocycles. The molecular weight excluding hydrogens is 210 g/mol. The van der Waals surface area contributed by atoms with Gasteiger partial charge in [0, 0.05) is 17.2 Å². The van der Waals surface area contributed by atoms with Gasteiger partial charge in [-0.05, 0) is 23.4 Å². The Kier molecular flexibility index (Phi) is 2.75. The molecule has 1 aromatic carbocycles. The van der Waals surface area contributed by atoms with E-state index in [1.54, 1.807) is 6.07 Å². The van der Waals surface area contributed by atoms with Gasteiger partial charge in [-0.15, -0.1) is 0 Å². The van der Waals surface area contributed by atoms with Crippen molar-refractivity contribution < 1.29 is 4.42 Å². The molecule has 15 heavy (non-hydrogen) atoms. The summed E-state index contributed by atoms with van der Waals surface area (Å²) in [4.78, 5) is 11.2. The average molecular weight is 217 g/mol. The summed E-state index contributed by atoms with van der Waals surface area (Å²) in [5.74, 6) is 0.503. The summed E-state index contributed by atoms with van der Waals surface area (Å²) < 4.78 is 5.03. The number of benzene rings is 1. The molecule has 0 amide bonds. The first-order valence-corrected chi connectivity index (χ1v) is 5.32. The van der Waals surface area contributed by atoms with Crippen molar-refractivity contribution in [1.82, 2.24) is 0 Å². The molecule has 3 nitrogen and oxygen atoms in total. The summed E-state index contributed by atoms with van der Waals surface area (Å²) in [6.07, 6.45) is 0. The first-order valence-electron chi connectivity index (χ1n) is 4.34. The van der Waals surface area contributed by atoms with E-state index in [0.29, 0.717) is 11.3 Å². The van der Waals surface area contributed by atoms with Gasteiger partial charge < -0.3 is 4.42 Å². The van der Waals surface area contributed by atoms with Crippen molar-refractivity contribution >= 4 is 22.7 Å². The fraction of sp³-hybridized carbons (Fsp3) is 0.0909. The largest absolute Gasteiger partial charge is 0.423 e. The predicted octanol–water partition coefficient (Wildman–Crippen LogP) is 2.51. The molecule has 1 aromatic heterocycles. The number of thioether (sulfide) groups is 1. The molecule has 1 heterocycles. The third kappa shape index (κ3) is 2.03. The normalized spacial score (nSPS) is 10.1. The van der Waals surface area contributed by atoms with Crippen molar-refractivity contribution in [3.63, 3.8) is 0 Å². The van der Waals surface area contributed by atoms with Gasteiger partial charge in [-0.3, -0.25) is 0 Å². The van der Waals surface area contributed by atoms with Gasteiger partial charge in [0.05, 0.1) is 0 Å². The van der Waals surface area contributed by atoms with Crippen LogP contribution < -0.4 is 5.63 Å². The predicted molar refractivity (Wildman–Crippen MR) is 59.4 cm³/mol. The van der Waals surface area contributed by atoms with Crippen LogP contribution in [0.3, 0.4) is 0 Å². The molecule has 0 fully saturated rings. The average Bonchev–Trinajstić information content (AvgIpc) is 2.25. The molecule has 0 aliphatic rings. The highest BCUT2D eigenvalue weighted by atomic mass is 32.2. The van der Waals surface area contributed by atoms with Gasteiger partial charge in [0.15, 0.2) is 0 Å².